The summed E-state index contributed by atoms with van der Waals surface area (Å²) in [5.41, 5.74) is 10.1. The zero-order valence-corrected chi connectivity index (χ0v) is 21.4. The Hall–Kier alpha value is -0.666. The molecule has 0 fully saturated rings. The monoisotopic (exact) mass is 411 g/mol. The Morgan fingerprint density at radius 2 is 1.48 bits per heavy atom. The first kappa shape index (κ1) is 24.4. The van der Waals surface area contributed by atoms with Crippen molar-refractivity contribution in [1.82, 2.24) is 0 Å². The van der Waals surface area contributed by atoms with Crippen LogP contribution in [0.25, 0.3) is 0 Å². The minimum Gasteiger partial charge on any atom is -0.547 e. The molecule has 0 saturated heterocycles. The van der Waals surface area contributed by atoms with Crippen molar-refractivity contribution < 1.29 is 14.0 Å². The van der Waals surface area contributed by atoms with Gasteiger partial charge in [-0.2, -0.15) is 0 Å². The Morgan fingerprint density at radius 3 is 1.85 bits per heavy atom. The van der Waals surface area contributed by atoms with Crippen LogP contribution in [0, 0.1) is 0 Å². The van der Waals surface area contributed by atoms with Crippen molar-refractivity contribution in [3.05, 3.63) is 28.3 Å². The quantitative estimate of drug-likeness (QED) is 0.662. The smallest absolute Gasteiger partial charge is 0.229 e. The van der Waals surface area contributed by atoms with Gasteiger partial charge in [0.05, 0.1) is 12.7 Å². The minimum atomic E-state index is -1.32. The lowest BCUT2D eigenvalue weighted by Crippen LogP contribution is -2.29. The van der Waals surface area contributed by atoms with Crippen molar-refractivity contribution in [2.45, 2.75) is 91.3 Å². The maximum atomic E-state index is 10.7. The van der Waals surface area contributed by atoms with Crippen molar-refractivity contribution in [1.29, 1.82) is 0 Å². The van der Waals surface area contributed by atoms with Crippen LogP contribution < -0.4 is 10.2 Å². The molecule has 0 spiro atoms. The SMILES string of the molecule is C[SiH](C)OCc1c(C(O)CN)cc(O[SiH](C)C)c(C(C)(C)C)c1C(C)(C)C. The molecule has 27 heavy (non-hydrogen) atoms. The highest BCUT2D eigenvalue weighted by molar-refractivity contribution is 6.49. The van der Waals surface area contributed by atoms with Crippen LogP contribution in [0.5, 0.6) is 5.75 Å². The first-order chi connectivity index (χ1) is 12.2. The standard InChI is InChI=1S/C21H41NO3Si2/c1-20(2,3)18-15(13-24-26(7)8)14(16(23)12-22)11-17(25-27(9)10)19(18)21(4,5)6/h11,16,23,26-27H,12-13,22H2,1-10H3. The Kier molecular flexibility index (Phi) is 8.32. The molecule has 0 amide bonds. The van der Waals surface area contributed by atoms with Gasteiger partial charge in [0, 0.05) is 12.1 Å². The molecular weight excluding hydrogens is 370 g/mol. The van der Waals surface area contributed by atoms with Gasteiger partial charge in [-0.25, -0.2) is 0 Å². The number of hydrogen-bond donors (Lipinski definition) is 2. The molecule has 0 aliphatic carbocycles. The number of benzene rings is 1. The minimum absolute atomic E-state index is 0.0859. The van der Waals surface area contributed by atoms with E-state index in [1.165, 1.54) is 11.1 Å². The van der Waals surface area contributed by atoms with Crippen LogP contribution in [0.3, 0.4) is 0 Å². The highest BCUT2D eigenvalue weighted by Gasteiger charge is 2.34. The van der Waals surface area contributed by atoms with Gasteiger partial charge < -0.3 is 19.7 Å². The maximum Gasteiger partial charge on any atom is 0.229 e. The molecule has 0 aromatic heterocycles. The second-order valence-corrected chi connectivity index (χ2v) is 14.7. The molecule has 0 aliphatic rings. The highest BCUT2D eigenvalue weighted by atomic mass is 28.3. The summed E-state index contributed by atoms with van der Waals surface area (Å²) < 4.78 is 12.5. The van der Waals surface area contributed by atoms with Crippen LogP contribution in [0.2, 0.25) is 26.2 Å². The topological polar surface area (TPSA) is 64.7 Å². The second kappa shape index (κ2) is 9.22. The summed E-state index contributed by atoms with van der Waals surface area (Å²) in [6.45, 7) is 22.7. The van der Waals surface area contributed by atoms with Crippen molar-refractivity contribution in [3.63, 3.8) is 0 Å². The third-order valence-electron chi connectivity index (χ3n) is 4.44. The Bertz CT molecular complexity index is 632. The third kappa shape index (κ3) is 6.43. The lowest BCUT2D eigenvalue weighted by molar-refractivity contribution is 0.182. The van der Waals surface area contributed by atoms with E-state index < -0.39 is 24.2 Å². The summed E-state index contributed by atoms with van der Waals surface area (Å²) in [5.74, 6) is 0.905. The van der Waals surface area contributed by atoms with E-state index in [1.54, 1.807) is 0 Å². The van der Waals surface area contributed by atoms with E-state index in [2.05, 4.69) is 67.7 Å². The number of aliphatic hydroxyl groups is 1. The van der Waals surface area contributed by atoms with Crippen molar-refractivity contribution in [2.24, 2.45) is 5.73 Å². The van der Waals surface area contributed by atoms with Gasteiger partial charge in [0.1, 0.15) is 5.75 Å². The van der Waals surface area contributed by atoms with Crippen LogP contribution in [0.4, 0.5) is 0 Å². The van der Waals surface area contributed by atoms with Gasteiger partial charge in [0.25, 0.3) is 0 Å². The van der Waals surface area contributed by atoms with Crippen molar-refractivity contribution in [3.8, 4) is 5.75 Å². The first-order valence-electron chi connectivity index (χ1n) is 10.1. The van der Waals surface area contributed by atoms with E-state index in [0.717, 1.165) is 16.9 Å². The summed E-state index contributed by atoms with van der Waals surface area (Å²) in [7, 11) is -2.52. The number of hydrogen-bond acceptors (Lipinski definition) is 4. The van der Waals surface area contributed by atoms with Crippen molar-refractivity contribution in [2.75, 3.05) is 6.54 Å². The van der Waals surface area contributed by atoms with E-state index in [0.29, 0.717) is 6.61 Å². The van der Waals surface area contributed by atoms with Gasteiger partial charge in [0.2, 0.25) is 9.04 Å². The zero-order chi connectivity index (χ0) is 21.2. The van der Waals surface area contributed by atoms with E-state index >= 15 is 0 Å². The van der Waals surface area contributed by atoms with Gasteiger partial charge in [-0.05, 0) is 59.8 Å². The van der Waals surface area contributed by atoms with Gasteiger partial charge in [-0.3, -0.25) is 0 Å². The van der Waals surface area contributed by atoms with Crippen LogP contribution >= 0.6 is 0 Å². The molecule has 0 bridgehead atoms. The molecule has 3 N–H and O–H groups in total. The Balaban J connectivity index is 3.95. The molecule has 4 nitrogen and oxygen atoms in total. The summed E-state index contributed by atoms with van der Waals surface area (Å²) in [4.78, 5) is 0. The average molecular weight is 412 g/mol. The molecular formula is C21H41NO3Si2. The van der Waals surface area contributed by atoms with Gasteiger partial charge >= 0.3 is 0 Å². The molecule has 1 unspecified atom stereocenters. The molecule has 0 aliphatic heterocycles. The molecule has 156 valence electrons. The molecule has 1 aromatic rings. The van der Waals surface area contributed by atoms with E-state index in [-0.39, 0.29) is 17.4 Å². The number of aliphatic hydroxyl groups excluding tert-OH is 1. The van der Waals surface area contributed by atoms with Crippen LogP contribution in [-0.4, -0.2) is 29.7 Å². The Labute approximate surface area is 169 Å². The molecule has 6 heteroatoms. The van der Waals surface area contributed by atoms with E-state index in [1.807, 2.05) is 6.07 Å². The second-order valence-electron chi connectivity index (χ2n) is 9.97. The lowest BCUT2D eigenvalue weighted by atomic mass is 9.71. The summed E-state index contributed by atoms with van der Waals surface area (Å²) in [6, 6.07) is 2.03. The van der Waals surface area contributed by atoms with Crippen LogP contribution in [-0.2, 0) is 21.9 Å². The fourth-order valence-corrected chi connectivity index (χ4v) is 4.66. The highest BCUT2D eigenvalue weighted by Crippen LogP contribution is 2.45. The predicted molar refractivity (Wildman–Crippen MR) is 121 cm³/mol. The molecule has 0 radical (unpaired) electrons. The Morgan fingerprint density at radius 1 is 0.963 bits per heavy atom. The average Bonchev–Trinajstić information content (AvgIpc) is 2.48. The van der Waals surface area contributed by atoms with Gasteiger partial charge in [-0.1, -0.05) is 41.5 Å². The van der Waals surface area contributed by atoms with Crippen molar-refractivity contribution >= 4 is 18.1 Å². The number of nitrogens with two attached hydrogens (primary N) is 1. The summed E-state index contributed by atoms with van der Waals surface area (Å²) in [6.07, 6.45) is -0.719. The fourth-order valence-electron chi connectivity index (χ4n) is 3.47. The van der Waals surface area contributed by atoms with E-state index in [4.69, 9.17) is 14.6 Å². The fraction of sp³-hybridized carbons (Fsp3) is 0.714. The predicted octanol–water partition coefficient (Wildman–Crippen LogP) is 4.14. The zero-order valence-electron chi connectivity index (χ0n) is 19.1. The maximum absolute atomic E-state index is 10.7. The van der Waals surface area contributed by atoms with Crippen LogP contribution in [0.15, 0.2) is 6.07 Å². The summed E-state index contributed by atoms with van der Waals surface area (Å²) in [5, 5.41) is 10.7. The van der Waals surface area contributed by atoms with Gasteiger partial charge in [0.15, 0.2) is 9.04 Å². The third-order valence-corrected chi connectivity index (χ3v) is 6.00. The lowest BCUT2D eigenvalue weighted by Gasteiger charge is -2.36. The molecule has 1 atom stereocenters. The summed E-state index contributed by atoms with van der Waals surface area (Å²) >= 11 is 0. The van der Waals surface area contributed by atoms with Gasteiger partial charge in [-0.15, -0.1) is 0 Å². The molecule has 1 aromatic carbocycles. The van der Waals surface area contributed by atoms with E-state index in [9.17, 15) is 5.11 Å². The normalized spacial score (nSPS) is 14.1. The largest absolute Gasteiger partial charge is 0.547 e. The number of rotatable bonds is 7. The first-order valence-corrected chi connectivity index (χ1v) is 15.6. The van der Waals surface area contributed by atoms with Crippen LogP contribution in [0.1, 0.15) is 69.9 Å². The molecule has 1 rings (SSSR count). The molecule has 0 saturated carbocycles. The molecule has 0 heterocycles.